The Morgan fingerprint density at radius 3 is 2.75 bits per heavy atom. The number of rotatable bonds is 4. The summed E-state index contributed by atoms with van der Waals surface area (Å²) in [6.07, 6.45) is 10.8. The zero-order valence-corrected chi connectivity index (χ0v) is 19.1. The van der Waals surface area contributed by atoms with E-state index in [2.05, 4.69) is 60.3 Å². The molecule has 1 saturated heterocycles. The van der Waals surface area contributed by atoms with E-state index in [1.807, 2.05) is 19.3 Å². The van der Waals surface area contributed by atoms with E-state index in [4.69, 9.17) is 4.98 Å². The number of fused-ring (bicyclic) bond motifs is 3. The molecular formula is C28H33N3O. The van der Waals surface area contributed by atoms with Crippen LogP contribution in [0.3, 0.4) is 0 Å². The Labute approximate surface area is 192 Å². The van der Waals surface area contributed by atoms with Gasteiger partial charge in [-0.1, -0.05) is 36.9 Å². The molecule has 1 aromatic carbocycles. The van der Waals surface area contributed by atoms with Crippen LogP contribution in [0.4, 0.5) is 0 Å². The first kappa shape index (κ1) is 20.9. The first-order chi connectivity index (χ1) is 15.5. The van der Waals surface area contributed by atoms with Crippen molar-refractivity contribution in [1.82, 2.24) is 15.2 Å². The van der Waals surface area contributed by atoms with E-state index in [1.54, 1.807) is 0 Å². The molecule has 0 radical (unpaired) electrons. The third kappa shape index (κ3) is 3.43. The summed E-state index contributed by atoms with van der Waals surface area (Å²) in [5.74, 6) is 0.314. The van der Waals surface area contributed by atoms with Gasteiger partial charge in [0.15, 0.2) is 5.78 Å². The molecule has 1 N–H and O–H groups in total. The van der Waals surface area contributed by atoms with Crippen LogP contribution in [0.1, 0.15) is 65.5 Å². The lowest BCUT2D eigenvalue weighted by molar-refractivity contribution is 0.0945. The van der Waals surface area contributed by atoms with E-state index in [9.17, 15) is 4.79 Å². The van der Waals surface area contributed by atoms with Gasteiger partial charge in [-0.2, -0.15) is 0 Å². The Bertz CT molecular complexity index is 1160. The molecule has 1 aromatic heterocycles. The van der Waals surface area contributed by atoms with Crippen molar-refractivity contribution >= 4 is 16.9 Å². The number of Topliss-reactive ketones (excluding diaryl/α,β-unsaturated/α-hetero) is 1. The standard InChI is InChI=1S/C28H31N3O.H2/c1-4-19(18-29-2)25-11-10-22-21(6-5-7-26(22)30-25)20-8-9-23-24(16-20)28(17-27(23)32)12-14-31(3)15-13-28;/h4,6,8-11,16,18,29H,1,5,7,12-15,17H2,2-3H3;1H/b19-18+;. The average molecular weight is 428 g/mol. The van der Waals surface area contributed by atoms with Crippen molar-refractivity contribution in [2.24, 2.45) is 0 Å². The summed E-state index contributed by atoms with van der Waals surface area (Å²) in [5, 5.41) is 3.08. The van der Waals surface area contributed by atoms with Crippen LogP contribution in [-0.2, 0) is 11.8 Å². The van der Waals surface area contributed by atoms with E-state index in [0.717, 1.165) is 61.3 Å². The normalized spacial score (nSPS) is 20.0. The quantitative estimate of drug-likeness (QED) is 0.698. The molecule has 2 aromatic rings. The highest BCUT2D eigenvalue weighted by molar-refractivity contribution is 6.03. The predicted molar refractivity (Wildman–Crippen MR) is 133 cm³/mol. The number of nitrogens with one attached hydrogen (secondary N) is 1. The van der Waals surface area contributed by atoms with E-state index >= 15 is 0 Å². The van der Waals surface area contributed by atoms with Gasteiger partial charge in [-0.15, -0.1) is 0 Å². The molecule has 0 unspecified atom stereocenters. The van der Waals surface area contributed by atoms with Gasteiger partial charge in [0.1, 0.15) is 0 Å². The Hall–Kier alpha value is -2.98. The molecule has 0 saturated carbocycles. The lowest BCUT2D eigenvalue weighted by Crippen LogP contribution is -2.39. The Morgan fingerprint density at radius 1 is 1.22 bits per heavy atom. The maximum absolute atomic E-state index is 12.8. The van der Waals surface area contributed by atoms with Gasteiger partial charge in [-0.05, 0) is 74.7 Å². The highest BCUT2D eigenvalue weighted by Crippen LogP contribution is 2.47. The highest BCUT2D eigenvalue weighted by atomic mass is 16.1. The minimum atomic E-state index is 0. The molecule has 4 nitrogen and oxygen atoms in total. The van der Waals surface area contributed by atoms with Crippen molar-refractivity contribution in [3.63, 3.8) is 0 Å². The maximum Gasteiger partial charge on any atom is 0.164 e. The largest absolute Gasteiger partial charge is 0.393 e. The van der Waals surface area contributed by atoms with Crippen LogP contribution in [0.25, 0.3) is 11.1 Å². The number of benzene rings is 1. The predicted octanol–water partition coefficient (Wildman–Crippen LogP) is 5.00. The smallest absolute Gasteiger partial charge is 0.164 e. The zero-order chi connectivity index (χ0) is 22.3. The lowest BCUT2D eigenvalue weighted by Gasteiger charge is -2.38. The molecular weight excluding hydrogens is 394 g/mol. The second kappa shape index (κ2) is 8.18. The van der Waals surface area contributed by atoms with Gasteiger partial charge in [0.2, 0.25) is 0 Å². The van der Waals surface area contributed by atoms with Crippen LogP contribution in [0.2, 0.25) is 0 Å². The Balaban J connectivity index is 0.00000259. The van der Waals surface area contributed by atoms with E-state index < -0.39 is 0 Å². The van der Waals surface area contributed by atoms with Crippen molar-refractivity contribution in [2.45, 2.75) is 37.5 Å². The number of carbonyl (C=O) groups excluding carboxylic acids is 1. The van der Waals surface area contributed by atoms with Crippen LogP contribution in [0.15, 0.2) is 55.3 Å². The second-order valence-electron chi connectivity index (χ2n) is 9.38. The molecule has 166 valence electrons. The molecule has 4 heteroatoms. The Morgan fingerprint density at radius 2 is 2.00 bits per heavy atom. The Kier molecular flexibility index (Phi) is 5.34. The van der Waals surface area contributed by atoms with E-state index in [1.165, 1.54) is 22.3 Å². The molecule has 32 heavy (non-hydrogen) atoms. The first-order valence-electron chi connectivity index (χ1n) is 11.6. The summed E-state index contributed by atoms with van der Waals surface area (Å²) >= 11 is 0. The molecule has 5 rings (SSSR count). The van der Waals surface area contributed by atoms with Crippen molar-refractivity contribution in [3.05, 3.63) is 88.9 Å². The molecule has 3 aliphatic rings. The zero-order valence-electron chi connectivity index (χ0n) is 19.1. The SMILES string of the molecule is C=C/C(=C\NC)c1ccc2c(n1)CCC=C2c1ccc2c(c1)C1(CCN(C)CC1)CC2=O.[HH]. The number of aromatic nitrogens is 1. The average Bonchev–Trinajstić information content (AvgIpc) is 3.09. The van der Waals surface area contributed by atoms with Crippen LogP contribution < -0.4 is 5.32 Å². The summed E-state index contributed by atoms with van der Waals surface area (Å²) < 4.78 is 0. The molecule has 0 bridgehead atoms. The number of allylic oxidation sites excluding steroid dienone is 3. The molecule has 0 atom stereocenters. The van der Waals surface area contributed by atoms with Crippen LogP contribution in [0, 0.1) is 0 Å². The topological polar surface area (TPSA) is 45.2 Å². The number of pyridine rings is 1. The van der Waals surface area contributed by atoms with Gasteiger partial charge in [0.05, 0.1) is 5.69 Å². The summed E-state index contributed by atoms with van der Waals surface area (Å²) in [4.78, 5) is 20.2. The van der Waals surface area contributed by atoms with Gasteiger partial charge in [0.25, 0.3) is 0 Å². The van der Waals surface area contributed by atoms with E-state index in [-0.39, 0.29) is 6.84 Å². The highest BCUT2D eigenvalue weighted by Gasteiger charge is 2.44. The third-order valence-corrected chi connectivity index (χ3v) is 7.45. The molecule has 1 aliphatic heterocycles. The summed E-state index contributed by atoms with van der Waals surface area (Å²) in [6.45, 7) is 6.04. The monoisotopic (exact) mass is 427 g/mol. The number of hydrogen-bond acceptors (Lipinski definition) is 4. The van der Waals surface area contributed by atoms with Gasteiger partial charge in [-0.3, -0.25) is 9.78 Å². The molecule has 1 spiro atoms. The number of aryl methyl sites for hydroxylation is 1. The van der Waals surface area contributed by atoms with Crippen molar-refractivity contribution < 1.29 is 6.22 Å². The van der Waals surface area contributed by atoms with Gasteiger partial charge in [-0.25, -0.2) is 0 Å². The summed E-state index contributed by atoms with van der Waals surface area (Å²) in [7, 11) is 4.06. The third-order valence-electron chi connectivity index (χ3n) is 7.45. The fraction of sp³-hybridized carbons (Fsp3) is 0.357. The number of hydrogen-bond donors (Lipinski definition) is 1. The summed E-state index contributed by atoms with van der Waals surface area (Å²) in [5.41, 5.74) is 8.96. The van der Waals surface area contributed by atoms with Crippen LogP contribution in [-0.4, -0.2) is 42.9 Å². The van der Waals surface area contributed by atoms with Gasteiger partial charge >= 0.3 is 0 Å². The number of nitrogens with zero attached hydrogens (tertiary/aromatic N) is 2. The molecule has 1 fully saturated rings. The van der Waals surface area contributed by atoms with Crippen molar-refractivity contribution in [3.8, 4) is 0 Å². The first-order valence-corrected chi connectivity index (χ1v) is 11.6. The lowest BCUT2D eigenvalue weighted by atomic mass is 9.73. The van der Waals surface area contributed by atoms with Crippen molar-refractivity contribution in [2.75, 3.05) is 27.2 Å². The van der Waals surface area contributed by atoms with Gasteiger partial charge in [0, 0.05) is 48.9 Å². The van der Waals surface area contributed by atoms with Crippen LogP contribution in [0.5, 0.6) is 0 Å². The molecule has 2 aliphatic carbocycles. The number of likely N-dealkylation sites (tertiary alicyclic amines) is 1. The van der Waals surface area contributed by atoms with Crippen LogP contribution >= 0.6 is 0 Å². The molecule has 2 heterocycles. The maximum atomic E-state index is 12.8. The van der Waals surface area contributed by atoms with Gasteiger partial charge < -0.3 is 10.2 Å². The minimum absolute atomic E-state index is 0. The fourth-order valence-corrected chi connectivity index (χ4v) is 5.61. The summed E-state index contributed by atoms with van der Waals surface area (Å²) in [6, 6.07) is 10.8. The fourth-order valence-electron chi connectivity index (χ4n) is 5.61. The number of carbonyl (C=O) groups is 1. The second-order valence-corrected chi connectivity index (χ2v) is 9.38. The number of piperidine rings is 1. The molecule has 0 amide bonds. The minimum Gasteiger partial charge on any atom is -0.393 e. The van der Waals surface area contributed by atoms with Crippen molar-refractivity contribution in [1.29, 1.82) is 0 Å². The van der Waals surface area contributed by atoms with E-state index in [0.29, 0.717) is 12.2 Å². The number of ketones is 1.